The van der Waals surface area contributed by atoms with Gasteiger partial charge in [-0.05, 0) is 38.9 Å². The van der Waals surface area contributed by atoms with Crippen LogP contribution in [0.15, 0.2) is 30.3 Å². The lowest BCUT2D eigenvalue weighted by Crippen LogP contribution is -2.21. The first kappa shape index (κ1) is 11.3. The number of hydrogen-bond acceptors (Lipinski definition) is 2. The fourth-order valence-corrected chi connectivity index (χ4v) is 2.24. The van der Waals surface area contributed by atoms with Gasteiger partial charge in [-0.25, -0.2) is 0 Å². The highest BCUT2D eigenvalue weighted by atomic mass is 16.1. The Bertz CT molecular complexity index is 328. The zero-order valence-corrected chi connectivity index (χ0v) is 9.69. The summed E-state index contributed by atoms with van der Waals surface area (Å²) in [7, 11) is 0. The van der Waals surface area contributed by atoms with Gasteiger partial charge in [0.05, 0.1) is 0 Å². The van der Waals surface area contributed by atoms with Gasteiger partial charge in [0.2, 0.25) is 0 Å². The van der Waals surface area contributed by atoms with Crippen LogP contribution < -0.4 is 0 Å². The summed E-state index contributed by atoms with van der Waals surface area (Å²) >= 11 is 0. The van der Waals surface area contributed by atoms with E-state index in [0.29, 0.717) is 6.42 Å². The summed E-state index contributed by atoms with van der Waals surface area (Å²) < 4.78 is 0. The lowest BCUT2D eigenvalue weighted by Gasteiger charge is -2.13. The van der Waals surface area contributed by atoms with Crippen molar-refractivity contribution >= 4 is 5.78 Å². The zero-order chi connectivity index (χ0) is 11.2. The molecule has 0 bridgehead atoms. The maximum Gasteiger partial charge on any atom is 0.162 e. The van der Waals surface area contributed by atoms with E-state index < -0.39 is 0 Å². The average Bonchev–Trinajstić information content (AvgIpc) is 2.83. The Morgan fingerprint density at radius 2 is 1.81 bits per heavy atom. The molecule has 0 radical (unpaired) electrons. The van der Waals surface area contributed by atoms with Gasteiger partial charge in [-0.2, -0.15) is 0 Å². The summed E-state index contributed by atoms with van der Waals surface area (Å²) in [5.74, 6) is 0.278. The molecule has 0 unspecified atom stereocenters. The van der Waals surface area contributed by atoms with Crippen LogP contribution in [-0.2, 0) is 0 Å². The van der Waals surface area contributed by atoms with Gasteiger partial charge in [0.15, 0.2) is 5.78 Å². The third-order valence-corrected chi connectivity index (χ3v) is 3.17. The van der Waals surface area contributed by atoms with Crippen LogP contribution in [0.1, 0.15) is 36.0 Å². The van der Waals surface area contributed by atoms with Crippen LogP contribution in [0, 0.1) is 0 Å². The summed E-state index contributed by atoms with van der Waals surface area (Å²) in [6.07, 6.45) is 4.33. The Balaban J connectivity index is 1.71. The van der Waals surface area contributed by atoms with E-state index in [2.05, 4.69) is 4.90 Å². The molecule has 1 fully saturated rings. The third kappa shape index (κ3) is 3.17. The minimum absolute atomic E-state index is 0.278. The molecule has 86 valence electrons. The molecule has 0 aromatic heterocycles. The van der Waals surface area contributed by atoms with Crippen molar-refractivity contribution in [3.8, 4) is 0 Å². The van der Waals surface area contributed by atoms with Crippen molar-refractivity contribution in [2.75, 3.05) is 19.6 Å². The normalized spacial score (nSPS) is 16.5. The molecule has 2 heteroatoms. The van der Waals surface area contributed by atoms with Crippen LogP contribution in [0.4, 0.5) is 0 Å². The quantitative estimate of drug-likeness (QED) is 0.707. The first-order chi connectivity index (χ1) is 7.86. The standard InChI is InChI=1S/C14H19NO/c16-14(13-7-2-1-3-8-13)9-6-12-15-10-4-5-11-15/h1-3,7-8H,4-6,9-12H2. The summed E-state index contributed by atoms with van der Waals surface area (Å²) in [4.78, 5) is 14.3. The molecular weight excluding hydrogens is 198 g/mol. The van der Waals surface area contributed by atoms with E-state index in [1.54, 1.807) is 0 Å². The molecule has 0 amide bonds. The summed E-state index contributed by atoms with van der Waals surface area (Å²) in [5.41, 5.74) is 0.851. The molecule has 1 saturated heterocycles. The van der Waals surface area contributed by atoms with Crippen LogP contribution in [0.5, 0.6) is 0 Å². The predicted molar refractivity (Wildman–Crippen MR) is 65.7 cm³/mol. The first-order valence-electron chi connectivity index (χ1n) is 6.17. The third-order valence-electron chi connectivity index (χ3n) is 3.17. The van der Waals surface area contributed by atoms with Crippen molar-refractivity contribution in [2.24, 2.45) is 0 Å². The first-order valence-corrected chi connectivity index (χ1v) is 6.17. The minimum atomic E-state index is 0.278. The number of benzene rings is 1. The highest BCUT2D eigenvalue weighted by molar-refractivity contribution is 5.95. The van der Waals surface area contributed by atoms with Gasteiger partial charge in [-0.15, -0.1) is 0 Å². The van der Waals surface area contributed by atoms with Crippen LogP contribution >= 0.6 is 0 Å². The molecule has 1 aromatic rings. The molecule has 0 spiro atoms. The van der Waals surface area contributed by atoms with Crippen LogP contribution in [0.2, 0.25) is 0 Å². The molecule has 1 aliphatic heterocycles. The number of Topliss-reactive ketones (excluding diaryl/α,β-unsaturated/α-hetero) is 1. The molecular formula is C14H19NO. The lowest BCUT2D eigenvalue weighted by atomic mass is 10.1. The fourth-order valence-electron chi connectivity index (χ4n) is 2.24. The Kier molecular flexibility index (Phi) is 4.11. The van der Waals surface area contributed by atoms with Crippen molar-refractivity contribution in [3.05, 3.63) is 35.9 Å². The summed E-state index contributed by atoms with van der Waals surface area (Å²) in [6.45, 7) is 3.53. The SMILES string of the molecule is O=C(CCCN1CCCC1)c1ccccc1. The van der Waals surface area contributed by atoms with Crippen molar-refractivity contribution in [1.82, 2.24) is 4.90 Å². The number of rotatable bonds is 5. The van der Waals surface area contributed by atoms with E-state index in [4.69, 9.17) is 0 Å². The van der Waals surface area contributed by atoms with Gasteiger partial charge >= 0.3 is 0 Å². The molecule has 0 atom stereocenters. The molecule has 2 nitrogen and oxygen atoms in total. The second-order valence-corrected chi connectivity index (χ2v) is 4.44. The number of nitrogens with zero attached hydrogens (tertiary/aromatic N) is 1. The topological polar surface area (TPSA) is 20.3 Å². The molecule has 2 rings (SSSR count). The zero-order valence-electron chi connectivity index (χ0n) is 9.69. The lowest BCUT2D eigenvalue weighted by molar-refractivity contribution is 0.0976. The maximum absolute atomic E-state index is 11.8. The van der Waals surface area contributed by atoms with Crippen molar-refractivity contribution in [3.63, 3.8) is 0 Å². The van der Waals surface area contributed by atoms with Gasteiger partial charge in [0.1, 0.15) is 0 Å². The van der Waals surface area contributed by atoms with Crippen molar-refractivity contribution in [2.45, 2.75) is 25.7 Å². The number of carbonyl (C=O) groups excluding carboxylic acids is 1. The number of ketones is 1. The summed E-state index contributed by atoms with van der Waals surface area (Å²) in [5, 5.41) is 0. The average molecular weight is 217 g/mol. The molecule has 0 N–H and O–H groups in total. The van der Waals surface area contributed by atoms with Crippen LogP contribution in [0.25, 0.3) is 0 Å². The highest BCUT2D eigenvalue weighted by Gasteiger charge is 2.11. The Hall–Kier alpha value is -1.15. The molecule has 0 aliphatic carbocycles. The smallest absolute Gasteiger partial charge is 0.162 e. The van der Waals surface area contributed by atoms with E-state index >= 15 is 0 Å². The monoisotopic (exact) mass is 217 g/mol. The second-order valence-electron chi connectivity index (χ2n) is 4.44. The van der Waals surface area contributed by atoms with E-state index in [9.17, 15) is 4.79 Å². The van der Waals surface area contributed by atoms with Crippen molar-refractivity contribution in [1.29, 1.82) is 0 Å². The largest absolute Gasteiger partial charge is 0.303 e. The van der Waals surface area contributed by atoms with Crippen LogP contribution in [-0.4, -0.2) is 30.3 Å². The molecule has 1 aliphatic rings. The van der Waals surface area contributed by atoms with Gasteiger partial charge in [-0.1, -0.05) is 30.3 Å². The van der Waals surface area contributed by atoms with Crippen molar-refractivity contribution < 1.29 is 4.79 Å². The molecule has 1 aromatic carbocycles. The molecule has 1 heterocycles. The van der Waals surface area contributed by atoms with Gasteiger partial charge in [-0.3, -0.25) is 4.79 Å². The van der Waals surface area contributed by atoms with E-state index in [0.717, 1.165) is 18.5 Å². The predicted octanol–water partition coefficient (Wildman–Crippen LogP) is 2.75. The van der Waals surface area contributed by atoms with Gasteiger partial charge < -0.3 is 4.90 Å². The minimum Gasteiger partial charge on any atom is -0.303 e. The number of carbonyl (C=O) groups is 1. The Morgan fingerprint density at radius 3 is 2.50 bits per heavy atom. The summed E-state index contributed by atoms with van der Waals surface area (Å²) in [6, 6.07) is 9.60. The fraction of sp³-hybridized carbons (Fsp3) is 0.500. The number of hydrogen-bond donors (Lipinski definition) is 0. The Morgan fingerprint density at radius 1 is 1.12 bits per heavy atom. The second kappa shape index (κ2) is 5.80. The van der Waals surface area contributed by atoms with E-state index in [1.165, 1.54) is 25.9 Å². The molecule has 0 saturated carbocycles. The number of likely N-dealkylation sites (tertiary alicyclic amines) is 1. The van der Waals surface area contributed by atoms with E-state index in [-0.39, 0.29) is 5.78 Å². The van der Waals surface area contributed by atoms with Crippen LogP contribution in [0.3, 0.4) is 0 Å². The van der Waals surface area contributed by atoms with E-state index in [1.807, 2.05) is 30.3 Å². The highest BCUT2D eigenvalue weighted by Crippen LogP contribution is 2.10. The van der Waals surface area contributed by atoms with Gasteiger partial charge in [0.25, 0.3) is 0 Å². The van der Waals surface area contributed by atoms with Gasteiger partial charge in [0, 0.05) is 12.0 Å². The Labute approximate surface area is 97.3 Å². The molecule has 16 heavy (non-hydrogen) atoms. The maximum atomic E-state index is 11.8.